The third-order valence-corrected chi connectivity index (χ3v) is 5.91. The lowest BCUT2D eigenvalue weighted by Crippen LogP contribution is -2.12. The van der Waals surface area contributed by atoms with Crippen LogP contribution in [0.1, 0.15) is 21.6 Å². The van der Waals surface area contributed by atoms with Crippen molar-refractivity contribution in [1.82, 2.24) is 15.2 Å². The molecule has 0 unspecified atom stereocenters. The molecule has 3 aromatic carbocycles. The van der Waals surface area contributed by atoms with Crippen molar-refractivity contribution >= 4 is 63.6 Å². The van der Waals surface area contributed by atoms with Gasteiger partial charge in [0, 0.05) is 63.7 Å². The molecular formula is C27H20Cl2N6O3. The molecule has 38 heavy (non-hydrogen) atoms. The molecule has 0 radical (unpaired) electrons. The van der Waals surface area contributed by atoms with Crippen LogP contribution in [0.15, 0.2) is 91.3 Å². The normalized spacial score (nSPS) is 10.4. The van der Waals surface area contributed by atoms with Crippen LogP contribution in [-0.4, -0.2) is 26.0 Å². The zero-order chi connectivity index (χ0) is 25.8. The molecule has 0 spiro atoms. The number of nitro groups is 1. The Kier molecular flexibility index (Phi) is 8.10. The second kappa shape index (κ2) is 11.6. The van der Waals surface area contributed by atoms with Gasteiger partial charge in [0.15, 0.2) is 5.82 Å². The van der Waals surface area contributed by atoms with Gasteiger partial charge in [-0.25, -0.2) is 0 Å². The van der Waals surface area contributed by atoms with Gasteiger partial charge in [-0.1, -0.05) is 23.7 Å². The third-order valence-electron chi connectivity index (χ3n) is 5.66. The van der Waals surface area contributed by atoms with Gasteiger partial charge in [-0.2, -0.15) is 5.10 Å². The highest BCUT2D eigenvalue weighted by Gasteiger charge is 2.15. The second-order valence-corrected chi connectivity index (χ2v) is 8.62. The van der Waals surface area contributed by atoms with Gasteiger partial charge < -0.3 is 10.6 Å². The van der Waals surface area contributed by atoms with Crippen molar-refractivity contribution in [3.63, 3.8) is 0 Å². The molecule has 0 aliphatic heterocycles. The summed E-state index contributed by atoms with van der Waals surface area (Å²) in [4.78, 5) is 27.5. The minimum Gasteiger partial charge on any atom is -0.338 e. The van der Waals surface area contributed by atoms with Gasteiger partial charge in [-0.3, -0.25) is 19.9 Å². The molecule has 2 N–H and O–H groups in total. The first kappa shape index (κ1) is 26.5. The van der Waals surface area contributed by atoms with E-state index < -0.39 is 10.8 Å². The van der Waals surface area contributed by atoms with E-state index in [1.165, 1.54) is 24.3 Å². The largest absolute Gasteiger partial charge is 0.338 e. The Morgan fingerprint density at radius 3 is 2.37 bits per heavy atom. The van der Waals surface area contributed by atoms with Crippen molar-refractivity contribution in [3.05, 3.63) is 123 Å². The fourth-order valence-electron chi connectivity index (χ4n) is 3.84. The maximum Gasteiger partial charge on any atom is 0.270 e. The van der Waals surface area contributed by atoms with E-state index in [9.17, 15) is 14.9 Å². The number of pyridine rings is 1. The maximum atomic E-state index is 12.8. The minimum absolute atomic E-state index is 0. The summed E-state index contributed by atoms with van der Waals surface area (Å²) in [5.41, 5.74) is 3.10. The lowest BCUT2D eigenvalue weighted by atomic mass is 10.0. The summed E-state index contributed by atoms with van der Waals surface area (Å²) < 4.78 is 0. The summed E-state index contributed by atoms with van der Waals surface area (Å²) in [5.74, 6) is 0.0385. The van der Waals surface area contributed by atoms with Crippen LogP contribution in [-0.2, 0) is 6.42 Å². The summed E-state index contributed by atoms with van der Waals surface area (Å²) in [7, 11) is 0. The molecule has 1 amide bonds. The van der Waals surface area contributed by atoms with Crippen LogP contribution < -0.4 is 10.6 Å². The molecule has 190 valence electrons. The number of nitro benzene ring substituents is 1. The minimum atomic E-state index is -0.537. The quantitative estimate of drug-likeness (QED) is 0.174. The van der Waals surface area contributed by atoms with Crippen LogP contribution in [0.25, 0.3) is 10.8 Å². The zero-order valence-electron chi connectivity index (χ0n) is 19.7. The number of nitrogens with zero attached hydrogens (tertiary/aromatic N) is 4. The zero-order valence-corrected chi connectivity index (χ0v) is 21.2. The van der Waals surface area contributed by atoms with Crippen LogP contribution in [0.5, 0.6) is 0 Å². The summed E-state index contributed by atoms with van der Waals surface area (Å²) in [6.45, 7) is 0. The average molecular weight is 547 g/mol. The van der Waals surface area contributed by atoms with E-state index in [1.54, 1.807) is 36.7 Å². The van der Waals surface area contributed by atoms with Gasteiger partial charge in [0.1, 0.15) is 0 Å². The SMILES string of the molecule is Cl.O=C(Nc1ccc2c(Cc3ccncc3)nnc(Nc3ccc(Cl)cc3)c2c1)c1cccc([N+](=O)[O-])c1. The molecule has 5 rings (SSSR count). The molecular weight excluding hydrogens is 527 g/mol. The summed E-state index contributed by atoms with van der Waals surface area (Å²) >= 11 is 6.02. The smallest absolute Gasteiger partial charge is 0.270 e. The van der Waals surface area contributed by atoms with E-state index >= 15 is 0 Å². The van der Waals surface area contributed by atoms with Gasteiger partial charge in [-0.05, 0) is 60.2 Å². The van der Waals surface area contributed by atoms with E-state index in [0.717, 1.165) is 27.7 Å². The lowest BCUT2D eigenvalue weighted by molar-refractivity contribution is -0.384. The first-order chi connectivity index (χ1) is 18.0. The summed E-state index contributed by atoms with van der Waals surface area (Å²) in [6, 6.07) is 22.0. The molecule has 11 heteroatoms. The van der Waals surface area contributed by atoms with Gasteiger partial charge in [0.25, 0.3) is 11.6 Å². The van der Waals surface area contributed by atoms with Crippen LogP contribution in [0.3, 0.4) is 0 Å². The molecule has 2 heterocycles. The topological polar surface area (TPSA) is 123 Å². The molecule has 2 aromatic heterocycles. The number of rotatable bonds is 7. The Balaban J connectivity index is 0.00000336. The first-order valence-corrected chi connectivity index (χ1v) is 11.6. The van der Waals surface area contributed by atoms with Crippen molar-refractivity contribution in [2.45, 2.75) is 6.42 Å². The molecule has 0 aliphatic rings. The number of anilines is 3. The summed E-state index contributed by atoms with van der Waals surface area (Å²) in [6.07, 6.45) is 4.00. The lowest BCUT2D eigenvalue weighted by Gasteiger charge is -2.13. The van der Waals surface area contributed by atoms with Gasteiger partial charge in [0.2, 0.25) is 0 Å². The van der Waals surface area contributed by atoms with Crippen LogP contribution in [0.4, 0.5) is 22.9 Å². The Bertz CT molecular complexity index is 1620. The van der Waals surface area contributed by atoms with Gasteiger partial charge in [0.05, 0.1) is 10.6 Å². The summed E-state index contributed by atoms with van der Waals surface area (Å²) in [5, 5.41) is 28.3. The van der Waals surface area contributed by atoms with Crippen molar-refractivity contribution in [2.75, 3.05) is 10.6 Å². The van der Waals surface area contributed by atoms with Crippen molar-refractivity contribution in [3.8, 4) is 0 Å². The number of hydrogen-bond acceptors (Lipinski definition) is 7. The van der Waals surface area contributed by atoms with Gasteiger partial charge >= 0.3 is 0 Å². The Hall–Kier alpha value is -4.60. The van der Waals surface area contributed by atoms with Crippen molar-refractivity contribution < 1.29 is 9.72 Å². The molecule has 0 atom stereocenters. The number of benzene rings is 3. The molecule has 5 aromatic rings. The molecule has 0 bridgehead atoms. The number of non-ortho nitro benzene ring substituents is 1. The molecule has 0 fully saturated rings. The molecule has 9 nitrogen and oxygen atoms in total. The Morgan fingerprint density at radius 1 is 0.895 bits per heavy atom. The maximum absolute atomic E-state index is 12.8. The van der Waals surface area contributed by atoms with Crippen LogP contribution in [0.2, 0.25) is 5.02 Å². The fraction of sp³-hybridized carbons (Fsp3) is 0.0370. The predicted octanol–water partition coefficient (Wildman–Crippen LogP) is 6.59. The van der Waals surface area contributed by atoms with Gasteiger partial charge in [-0.15, -0.1) is 17.5 Å². The standard InChI is InChI=1S/C27H19ClN6O3.ClH/c28-19-4-6-20(7-5-19)30-26-24-16-21(31-27(35)18-2-1-3-22(15-18)34(36)37)8-9-23(24)25(32-33-26)14-17-10-12-29-13-11-17;/h1-13,15-16H,14H2,(H,30,33)(H,31,35);1H. The molecule has 0 saturated heterocycles. The molecule has 0 saturated carbocycles. The number of aromatic nitrogens is 3. The third kappa shape index (κ3) is 6.03. The van der Waals surface area contributed by atoms with E-state index in [4.69, 9.17) is 11.6 Å². The number of halogens is 2. The van der Waals surface area contributed by atoms with Crippen molar-refractivity contribution in [1.29, 1.82) is 0 Å². The number of fused-ring (bicyclic) bond motifs is 1. The monoisotopic (exact) mass is 546 g/mol. The highest BCUT2D eigenvalue weighted by molar-refractivity contribution is 6.30. The van der Waals surface area contributed by atoms with E-state index in [-0.39, 0.29) is 23.7 Å². The highest BCUT2D eigenvalue weighted by atomic mass is 35.5. The second-order valence-electron chi connectivity index (χ2n) is 8.18. The van der Waals surface area contributed by atoms with E-state index in [1.807, 2.05) is 30.3 Å². The predicted molar refractivity (Wildman–Crippen MR) is 150 cm³/mol. The molecule has 0 aliphatic carbocycles. The number of hydrogen-bond donors (Lipinski definition) is 2. The average Bonchev–Trinajstić information content (AvgIpc) is 2.92. The van der Waals surface area contributed by atoms with Crippen molar-refractivity contribution in [2.24, 2.45) is 0 Å². The van der Waals surface area contributed by atoms with Crippen LogP contribution >= 0.6 is 24.0 Å². The highest BCUT2D eigenvalue weighted by Crippen LogP contribution is 2.30. The van der Waals surface area contributed by atoms with E-state index in [2.05, 4.69) is 25.8 Å². The number of carbonyl (C=O) groups excluding carboxylic acids is 1. The number of amides is 1. The van der Waals surface area contributed by atoms with E-state index in [0.29, 0.717) is 22.9 Å². The number of nitrogens with one attached hydrogen (secondary N) is 2. The fourth-order valence-corrected chi connectivity index (χ4v) is 3.96. The van der Waals surface area contributed by atoms with Crippen LogP contribution in [0, 0.1) is 10.1 Å². The Labute approximate surface area is 228 Å². The first-order valence-electron chi connectivity index (χ1n) is 11.2. The number of carbonyl (C=O) groups is 1. The Morgan fingerprint density at radius 2 is 1.63 bits per heavy atom.